The Hall–Kier alpha value is -3.51. The maximum absolute atomic E-state index is 12.3. The van der Waals surface area contributed by atoms with Gasteiger partial charge in [-0.3, -0.25) is 9.59 Å². The Morgan fingerprint density at radius 3 is 2.42 bits per heavy atom. The van der Waals surface area contributed by atoms with Crippen molar-refractivity contribution in [2.45, 2.75) is 19.8 Å². The molecule has 1 aromatic heterocycles. The van der Waals surface area contributed by atoms with Crippen molar-refractivity contribution in [3.05, 3.63) is 77.9 Å². The number of fused-ring (bicyclic) bond motifs is 1. The second-order valence-corrected chi connectivity index (χ2v) is 8.30. The summed E-state index contributed by atoms with van der Waals surface area (Å²) in [5.41, 5.74) is 4.48. The highest BCUT2D eigenvalue weighted by atomic mass is 32.1. The van der Waals surface area contributed by atoms with Crippen LogP contribution < -0.4 is 10.1 Å². The Kier molecular flexibility index (Phi) is 6.09. The van der Waals surface area contributed by atoms with Gasteiger partial charge < -0.3 is 10.1 Å². The normalized spacial score (nSPS) is 10.8. The van der Waals surface area contributed by atoms with Gasteiger partial charge in [-0.15, -0.1) is 11.3 Å². The predicted molar refractivity (Wildman–Crippen MR) is 125 cm³/mol. The Labute approximate surface area is 184 Å². The third-order valence-electron chi connectivity index (χ3n) is 4.95. The molecule has 0 aliphatic heterocycles. The highest BCUT2D eigenvalue weighted by Crippen LogP contribution is 2.31. The van der Waals surface area contributed by atoms with Crippen molar-refractivity contribution >= 4 is 38.9 Å². The molecule has 6 heteroatoms. The first-order valence-corrected chi connectivity index (χ1v) is 10.8. The smallest absolute Gasteiger partial charge is 0.224 e. The number of hydrogen-bond acceptors (Lipinski definition) is 5. The molecule has 1 amide bonds. The quantitative estimate of drug-likeness (QED) is 0.372. The summed E-state index contributed by atoms with van der Waals surface area (Å²) >= 11 is 1.65. The number of ketones is 1. The number of aryl methyl sites for hydroxylation is 1. The molecule has 0 saturated heterocycles. The zero-order chi connectivity index (χ0) is 21.8. The summed E-state index contributed by atoms with van der Waals surface area (Å²) in [6, 6.07) is 20.7. The minimum Gasteiger partial charge on any atom is -0.497 e. The van der Waals surface area contributed by atoms with Crippen molar-refractivity contribution in [2.75, 3.05) is 12.4 Å². The van der Waals surface area contributed by atoms with Crippen molar-refractivity contribution in [3.63, 3.8) is 0 Å². The lowest BCUT2D eigenvalue weighted by molar-refractivity contribution is -0.116. The van der Waals surface area contributed by atoms with E-state index in [4.69, 9.17) is 4.74 Å². The molecule has 0 bridgehead atoms. The Bertz CT molecular complexity index is 1230. The second kappa shape index (κ2) is 9.10. The average molecular weight is 431 g/mol. The number of nitrogens with one attached hydrogen (secondary N) is 1. The van der Waals surface area contributed by atoms with E-state index in [1.54, 1.807) is 42.7 Å². The van der Waals surface area contributed by atoms with Gasteiger partial charge in [-0.05, 0) is 73.2 Å². The first-order valence-electron chi connectivity index (χ1n) is 9.96. The van der Waals surface area contributed by atoms with Gasteiger partial charge in [-0.1, -0.05) is 6.07 Å². The summed E-state index contributed by atoms with van der Waals surface area (Å²) in [5.74, 6) is 0.433. The van der Waals surface area contributed by atoms with E-state index in [2.05, 4.69) is 29.4 Å². The third kappa shape index (κ3) is 4.98. The van der Waals surface area contributed by atoms with Crippen LogP contribution in [-0.2, 0) is 4.79 Å². The van der Waals surface area contributed by atoms with Crippen LogP contribution >= 0.6 is 11.3 Å². The van der Waals surface area contributed by atoms with E-state index in [1.807, 2.05) is 30.3 Å². The molecule has 0 fully saturated rings. The topological polar surface area (TPSA) is 68.3 Å². The minimum absolute atomic E-state index is 0.0702. The van der Waals surface area contributed by atoms with E-state index >= 15 is 0 Å². The lowest BCUT2D eigenvalue weighted by Crippen LogP contribution is -2.13. The van der Waals surface area contributed by atoms with Gasteiger partial charge in [0, 0.05) is 29.7 Å². The fraction of sp³-hybridized carbons (Fsp3) is 0.160. The summed E-state index contributed by atoms with van der Waals surface area (Å²) in [7, 11) is 1.58. The standard InChI is InChI=1S/C25H22N2O3S/c1-16-3-12-21-23(15-16)31-25(27-21)18-4-8-19(9-5-18)26-24(29)14-13-22(28)17-6-10-20(30-2)11-7-17/h3-12,15H,13-14H2,1-2H3,(H,26,29). The Morgan fingerprint density at radius 1 is 0.968 bits per heavy atom. The van der Waals surface area contributed by atoms with E-state index in [0.29, 0.717) is 17.0 Å². The van der Waals surface area contributed by atoms with Gasteiger partial charge in [0.1, 0.15) is 10.8 Å². The summed E-state index contributed by atoms with van der Waals surface area (Å²) in [6.45, 7) is 2.07. The van der Waals surface area contributed by atoms with Crippen molar-refractivity contribution < 1.29 is 14.3 Å². The summed E-state index contributed by atoms with van der Waals surface area (Å²) in [4.78, 5) is 29.2. The number of carbonyl (C=O) groups excluding carboxylic acids is 2. The highest BCUT2D eigenvalue weighted by molar-refractivity contribution is 7.21. The van der Waals surface area contributed by atoms with Crippen LogP contribution in [0, 0.1) is 6.92 Å². The molecule has 156 valence electrons. The van der Waals surface area contributed by atoms with Crippen LogP contribution in [0.5, 0.6) is 5.75 Å². The number of ether oxygens (including phenoxy) is 1. The number of hydrogen-bond donors (Lipinski definition) is 1. The summed E-state index contributed by atoms with van der Waals surface area (Å²) in [6.07, 6.45) is 0.283. The maximum Gasteiger partial charge on any atom is 0.224 e. The zero-order valence-electron chi connectivity index (χ0n) is 17.3. The average Bonchev–Trinajstić information content (AvgIpc) is 3.21. The number of benzene rings is 3. The maximum atomic E-state index is 12.3. The molecule has 0 radical (unpaired) electrons. The molecule has 1 N–H and O–H groups in total. The fourth-order valence-corrected chi connectivity index (χ4v) is 4.29. The number of methoxy groups -OCH3 is 1. The van der Waals surface area contributed by atoms with Gasteiger partial charge in [-0.25, -0.2) is 4.98 Å². The molecule has 31 heavy (non-hydrogen) atoms. The molecule has 0 unspecified atom stereocenters. The molecule has 5 nitrogen and oxygen atoms in total. The molecule has 0 saturated carbocycles. The molecule has 0 atom stereocenters. The number of aromatic nitrogens is 1. The predicted octanol–water partition coefficient (Wildman–Crippen LogP) is 5.88. The Morgan fingerprint density at radius 2 is 1.71 bits per heavy atom. The summed E-state index contributed by atoms with van der Waals surface area (Å²) in [5, 5.41) is 3.80. The van der Waals surface area contributed by atoms with Crippen molar-refractivity contribution in [1.82, 2.24) is 4.98 Å². The number of carbonyl (C=O) groups is 2. The van der Waals surface area contributed by atoms with Gasteiger partial charge in [0.25, 0.3) is 0 Å². The van der Waals surface area contributed by atoms with E-state index in [9.17, 15) is 9.59 Å². The van der Waals surface area contributed by atoms with Crippen LogP contribution in [0.1, 0.15) is 28.8 Å². The molecule has 4 aromatic rings. The summed E-state index contributed by atoms with van der Waals surface area (Å²) < 4.78 is 6.25. The number of nitrogens with zero attached hydrogens (tertiary/aromatic N) is 1. The molecular weight excluding hydrogens is 408 g/mol. The molecule has 4 rings (SSSR count). The van der Waals surface area contributed by atoms with Crippen LogP contribution in [0.25, 0.3) is 20.8 Å². The van der Waals surface area contributed by atoms with E-state index in [0.717, 1.165) is 20.8 Å². The number of Topliss-reactive ketones (excluding diaryl/α,β-unsaturated/α-hetero) is 1. The van der Waals surface area contributed by atoms with Crippen LogP contribution in [0.4, 0.5) is 5.69 Å². The molecule has 0 aliphatic carbocycles. The lowest BCUT2D eigenvalue weighted by atomic mass is 10.1. The number of thiazole rings is 1. The second-order valence-electron chi connectivity index (χ2n) is 7.27. The van der Waals surface area contributed by atoms with Gasteiger partial charge in [-0.2, -0.15) is 0 Å². The molecule has 0 aliphatic rings. The van der Waals surface area contributed by atoms with Crippen LogP contribution in [0.15, 0.2) is 66.7 Å². The molecular formula is C25H22N2O3S. The van der Waals surface area contributed by atoms with Crippen molar-refractivity contribution in [2.24, 2.45) is 0 Å². The monoisotopic (exact) mass is 430 g/mol. The van der Waals surface area contributed by atoms with E-state index in [1.165, 1.54) is 5.56 Å². The lowest BCUT2D eigenvalue weighted by Gasteiger charge is -2.06. The van der Waals surface area contributed by atoms with Gasteiger partial charge in [0.2, 0.25) is 5.91 Å². The van der Waals surface area contributed by atoms with Crippen molar-refractivity contribution in [1.29, 1.82) is 0 Å². The first kappa shape index (κ1) is 20.8. The number of anilines is 1. The van der Waals surface area contributed by atoms with E-state index < -0.39 is 0 Å². The van der Waals surface area contributed by atoms with Gasteiger partial charge in [0.15, 0.2) is 5.78 Å². The van der Waals surface area contributed by atoms with Gasteiger partial charge >= 0.3 is 0 Å². The first-order chi connectivity index (χ1) is 15.0. The van der Waals surface area contributed by atoms with Gasteiger partial charge in [0.05, 0.1) is 17.3 Å². The molecule has 0 spiro atoms. The fourth-order valence-electron chi connectivity index (χ4n) is 3.22. The molecule has 1 heterocycles. The van der Waals surface area contributed by atoms with Crippen LogP contribution in [0.3, 0.4) is 0 Å². The Balaban J connectivity index is 1.34. The highest BCUT2D eigenvalue weighted by Gasteiger charge is 2.11. The third-order valence-corrected chi connectivity index (χ3v) is 6.02. The number of amides is 1. The van der Waals surface area contributed by atoms with E-state index in [-0.39, 0.29) is 24.5 Å². The minimum atomic E-state index is -0.190. The molecule has 3 aromatic carbocycles. The van der Waals surface area contributed by atoms with Crippen LogP contribution in [-0.4, -0.2) is 23.8 Å². The SMILES string of the molecule is COc1ccc(C(=O)CCC(=O)Nc2ccc(-c3nc4ccc(C)cc4s3)cc2)cc1. The largest absolute Gasteiger partial charge is 0.497 e. The number of rotatable bonds is 7. The zero-order valence-corrected chi connectivity index (χ0v) is 18.2. The van der Waals surface area contributed by atoms with Crippen LogP contribution in [0.2, 0.25) is 0 Å². The van der Waals surface area contributed by atoms with Crippen molar-refractivity contribution in [3.8, 4) is 16.3 Å².